The first-order valence-electron chi connectivity index (χ1n) is 7.64. The Hall–Kier alpha value is -2.50. The molecule has 0 spiro atoms. The molecule has 0 saturated carbocycles. The molecule has 6 heteroatoms. The molecule has 1 aromatic carbocycles. The topological polar surface area (TPSA) is 84.9 Å². The molecule has 0 aliphatic heterocycles. The van der Waals surface area contributed by atoms with Crippen molar-refractivity contribution in [1.82, 2.24) is 5.32 Å². The van der Waals surface area contributed by atoms with Gasteiger partial charge in [0.05, 0.1) is 19.6 Å². The fraction of sp³-hybridized carbons (Fsp3) is 0.444. The lowest BCUT2D eigenvalue weighted by molar-refractivity contribution is -0.132. The van der Waals surface area contributed by atoms with Crippen LogP contribution >= 0.6 is 0 Å². The summed E-state index contributed by atoms with van der Waals surface area (Å²) in [6, 6.07) is 5.35. The average molecular weight is 335 g/mol. The number of amides is 1. The second kappa shape index (κ2) is 8.38. The zero-order valence-electron chi connectivity index (χ0n) is 14.8. The van der Waals surface area contributed by atoms with Crippen molar-refractivity contribution in [2.24, 2.45) is 0 Å². The highest BCUT2D eigenvalue weighted by Gasteiger charge is 2.30. The molecule has 1 rings (SSSR count). The van der Waals surface area contributed by atoms with Crippen molar-refractivity contribution in [3.63, 3.8) is 0 Å². The summed E-state index contributed by atoms with van der Waals surface area (Å²) < 4.78 is 10.5. The van der Waals surface area contributed by atoms with E-state index in [-0.39, 0.29) is 11.5 Å². The summed E-state index contributed by atoms with van der Waals surface area (Å²) in [4.78, 5) is 23.2. The van der Waals surface area contributed by atoms with Gasteiger partial charge in [-0.05, 0) is 44.9 Å². The Morgan fingerprint density at radius 2 is 1.71 bits per heavy atom. The van der Waals surface area contributed by atoms with Gasteiger partial charge in [-0.2, -0.15) is 0 Å². The molecule has 0 heterocycles. The van der Waals surface area contributed by atoms with Gasteiger partial charge in [0.1, 0.15) is 11.5 Å². The first-order chi connectivity index (χ1) is 11.2. The SMILES string of the molecule is COc1cc(OC)cc(C(C)(C)C(=O)NCCC=C(C)C(=O)O)c1. The monoisotopic (exact) mass is 335 g/mol. The van der Waals surface area contributed by atoms with Crippen LogP contribution in [0.25, 0.3) is 0 Å². The summed E-state index contributed by atoms with van der Waals surface area (Å²) in [6.45, 7) is 5.52. The van der Waals surface area contributed by atoms with Gasteiger partial charge < -0.3 is 19.9 Å². The van der Waals surface area contributed by atoms with E-state index in [4.69, 9.17) is 14.6 Å². The average Bonchev–Trinajstić information content (AvgIpc) is 2.57. The molecule has 24 heavy (non-hydrogen) atoms. The molecule has 0 saturated heterocycles. The number of carboxylic acid groups (broad SMARTS) is 1. The molecule has 0 atom stereocenters. The van der Waals surface area contributed by atoms with Crippen LogP contribution in [0.5, 0.6) is 11.5 Å². The summed E-state index contributed by atoms with van der Waals surface area (Å²) in [5.41, 5.74) is 0.252. The van der Waals surface area contributed by atoms with E-state index >= 15 is 0 Å². The van der Waals surface area contributed by atoms with Crippen molar-refractivity contribution in [3.8, 4) is 11.5 Å². The van der Waals surface area contributed by atoms with Gasteiger partial charge in [-0.15, -0.1) is 0 Å². The van der Waals surface area contributed by atoms with Gasteiger partial charge in [0.25, 0.3) is 0 Å². The van der Waals surface area contributed by atoms with Crippen LogP contribution in [-0.2, 0) is 15.0 Å². The predicted octanol–water partition coefficient (Wildman–Crippen LogP) is 2.52. The summed E-state index contributed by atoms with van der Waals surface area (Å²) in [6.07, 6.45) is 2.05. The molecule has 0 bridgehead atoms. The van der Waals surface area contributed by atoms with Gasteiger partial charge >= 0.3 is 5.97 Å². The van der Waals surface area contributed by atoms with Crippen molar-refractivity contribution in [3.05, 3.63) is 35.4 Å². The molecule has 0 aliphatic rings. The van der Waals surface area contributed by atoms with Crippen molar-refractivity contribution in [1.29, 1.82) is 0 Å². The van der Waals surface area contributed by atoms with Crippen molar-refractivity contribution in [2.75, 3.05) is 20.8 Å². The number of rotatable bonds is 8. The van der Waals surface area contributed by atoms with E-state index in [0.29, 0.717) is 24.5 Å². The third kappa shape index (κ3) is 5.01. The van der Waals surface area contributed by atoms with Gasteiger partial charge in [-0.3, -0.25) is 4.79 Å². The molecule has 132 valence electrons. The van der Waals surface area contributed by atoms with Crippen molar-refractivity contribution < 1.29 is 24.2 Å². The smallest absolute Gasteiger partial charge is 0.330 e. The standard InChI is InChI=1S/C18H25NO5/c1-12(16(20)21)7-6-8-19-17(22)18(2,3)13-9-14(23-4)11-15(10-13)24-5/h7,9-11H,6,8H2,1-5H3,(H,19,22)(H,20,21). The highest BCUT2D eigenvalue weighted by Crippen LogP contribution is 2.31. The Labute approximate surface area is 142 Å². The van der Waals surface area contributed by atoms with Gasteiger partial charge in [-0.1, -0.05) is 6.08 Å². The Morgan fingerprint density at radius 1 is 1.17 bits per heavy atom. The van der Waals surface area contributed by atoms with E-state index in [2.05, 4.69) is 5.32 Å². The number of carbonyl (C=O) groups excluding carboxylic acids is 1. The number of hydrogen-bond acceptors (Lipinski definition) is 4. The number of methoxy groups -OCH3 is 2. The predicted molar refractivity (Wildman–Crippen MR) is 91.6 cm³/mol. The molecule has 0 fully saturated rings. The molecular weight excluding hydrogens is 310 g/mol. The molecule has 0 aliphatic carbocycles. The Kier molecular flexibility index (Phi) is 6.82. The largest absolute Gasteiger partial charge is 0.497 e. The van der Waals surface area contributed by atoms with Gasteiger partial charge in [0, 0.05) is 18.2 Å². The normalized spacial score (nSPS) is 11.8. The van der Waals surface area contributed by atoms with Crippen molar-refractivity contribution >= 4 is 11.9 Å². The molecule has 1 amide bonds. The lowest BCUT2D eigenvalue weighted by atomic mass is 9.83. The van der Waals surface area contributed by atoms with E-state index in [9.17, 15) is 9.59 Å². The molecule has 6 nitrogen and oxygen atoms in total. The fourth-order valence-corrected chi connectivity index (χ4v) is 2.08. The summed E-state index contributed by atoms with van der Waals surface area (Å²) in [7, 11) is 3.12. The number of carbonyl (C=O) groups is 2. The first-order valence-corrected chi connectivity index (χ1v) is 7.64. The van der Waals surface area contributed by atoms with Gasteiger partial charge in [0.15, 0.2) is 0 Å². The minimum absolute atomic E-state index is 0.154. The number of nitrogens with one attached hydrogen (secondary N) is 1. The van der Waals surface area contributed by atoms with E-state index in [1.54, 1.807) is 38.5 Å². The van der Waals surface area contributed by atoms with Crippen LogP contribution in [0.3, 0.4) is 0 Å². The van der Waals surface area contributed by atoms with Crippen molar-refractivity contribution in [2.45, 2.75) is 32.6 Å². The van der Waals surface area contributed by atoms with Crippen LogP contribution in [0.2, 0.25) is 0 Å². The molecule has 1 aromatic rings. The highest BCUT2D eigenvalue weighted by atomic mass is 16.5. The molecule has 0 radical (unpaired) electrons. The van der Waals surface area contributed by atoms with E-state index in [1.807, 2.05) is 13.8 Å². The number of aliphatic carboxylic acids is 1. The third-order valence-corrected chi connectivity index (χ3v) is 3.86. The summed E-state index contributed by atoms with van der Waals surface area (Å²) in [5.74, 6) is 0.125. The highest BCUT2D eigenvalue weighted by molar-refractivity contribution is 5.87. The maximum absolute atomic E-state index is 12.5. The zero-order chi connectivity index (χ0) is 18.3. The van der Waals surface area contributed by atoms with E-state index < -0.39 is 11.4 Å². The fourth-order valence-electron chi connectivity index (χ4n) is 2.08. The van der Waals surface area contributed by atoms with Crippen LogP contribution in [0.15, 0.2) is 29.8 Å². The second-order valence-electron chi connectivity index (χ2n) is 5.96. The second-order valence-corrected chi connectivity index (χ2v) is 5.96. The third-order valence-electron chi connectivity index (χ3n) is 3.86. The van der Waals surface area contributed by atoms with Crippen LogP contribution in [0.1, 0.15) is 32.8 Å². The molecular formula is C18H25NO5. The van der Waals surface area contributed by atoms with Gasteiger partial charge in [-0.25, -0.2) is 4.79 Å². The zero-order valence-corrected chi connectivity index (χ0v) is 14.8. The van der Waals surface area contributed by atoms with E-state index in [0.717, 1.165) is 5.56 Å². The van der Waals surface area contributed by atoms with Crippen LogP contribution in [-0.4, -0.2) is 37.7 Å². The minimum Gasteiger partial charge on any atom is -0.497 e. The number of hydrogen-bond donors (Lipinski definition) is 2. The molecule has 0 aromatic heterocycles. The van der Waals surface area contributed by atoms with E-state index in [1.165, 1.54) is 6.92 Å². The Bertz CT molecular complexity index is 612. The summed E-state index contributed by atoms with van der Waals surface area (Å²) in [5, 5.41) is 11.6. The summed E-state index contributed by atoms with van der Waals surface area (Å²) >= 11 is 0. The maximum atomic E-state index is 12.5. The number of ether oxygens (including phenoxy) is 2. The quantitative estimate of drug-likeness (QED) is 0.563. The first kappa shape index (κ1) is 19.5. The van der Waals surface area contributed by atoms with Crippen LogP contribution < -0.4 is 14.8 Å². The minimum atomic E-state index is -0.954. The Morgan fingerprint density at radius 3 is 2.17 bits per heavy atom. The molecule has 0 unspecified atom stereocenters. The van der Waals surface area contributed by atoms with Gasteiger partial charge in [0.2, 0.25) is 5.91 Å². The lowest BCUT2D eigenvalue weighted by Gasteiger charge is -2.25. The van der Waals surface area contributed by atoms with Crippen LogP contribution in [0.4, 0.5) is 0 Å². The number of benzene rings is 1. The maximum Gasteiger partial charge on any atom is 0.330 e. The lowest BCUT2D eigenvalue weighted by Crippen LogP contribution is -2.40. The number of carboxylic acids is 1. The Balaban J connectivity index is 2.82. The van der Waals surface area contributed by atoms with Crippen LogP contribution in [0, 0.1) is 0 Å². The molecule has 2 N–H and O–H groups in total.